The molecule has 10 nitrogen and oxygen atoms in total. The summed E-state index contributed by atoms with van der Waals surface area (Å²) >= 11 is 0. The molecule has 30 heavy (non-hydrogen) atoms. The van der Waals surface area contributed by atoms with Crippen LogP contribution in [-0.2, 0) is 9.84 Å². The molecule has 0 radical (unpaired) electrons. The van der Waals surface area contributed by atoms with E-state index in [0.29, 0.717) is 37.5 Å². The number of nitrogens with zero attached hydrogens (tertiary/aromatic N) is 5. The summed E-state index contributed by atoms with van der Waals surface area (Å²) in [7, 11) is -0.140. The molecule has 0 spiro atoms. The summed E-state index contributed by atoms with van der Waals surface area (Å²) in [4.78, 5) is 34.3. The molecule has 2 aromatic rings. The molecule has 11 heteroatoms. The van der Waals surface area contributed by atoms with Gasteiger partial charge in [0, 0.05) is 52.7 Å². The molecular formula is C19H24N6O4S. The molecule has 1 fully saturated rings. The van der Waals surface area contributed by atoms with Crippen LogP contribution in [-0.4, -0.2) is 92.6 Å². The number of fused-ring (bicyclic) bond motifs is 1. The summed E-state index contributed by atoms with van der Waals surface area (Å²) in [6, 6.07) is 1.49. The van der Waals surface area contributed by atoms with Crippen LogP contribution in [0.4, 0.5) is 10.5 Å². The lowest BCUT2D eigenvalue weighted by Gasteiger charge is -2.37. The van der Waals surface area contributed by atoms with Gasteiger partial charge in [0.25, 0.3) is 5.91 Å². The average Bonchev–Trinajstić information content (AvgIpc) is 3.14. The predicted octanol–water partition coefficient (Wildman–Crippen LogP) is -0.0956. The lowest BCUT2D eigenvalue weighted by molar-refractivity contribution is 0.0952. The number of piperazine rings is 1. The van der Waals surface area contributed by atoms with Crippen LogP contribution in [0.3, 0.4) is 0 Å². The minimum atomic E-state index is -3.54. The van der Waals surface area contributed by atoms with Gasteiger partial charge in [-0.1, -0.05) is 5.92 Å². The van der Waals surface area contributed by atoms with E-state index in [4.69, 9.17) is 6.42 Å². The third kappa shape index (κ3) is 4.18. The zero-order valence-corrected chi connectivity index (χ0v) is 17.9. The Balaban J connectivity index is 2.00. The van der Waals surface area contributed by atoms with Gasteiger partial charge in [0.05, 0.1) is 23.3 Å². The highest BCUT2D eigenvalue weighted by molar-refractivity contribution is 7.90. The first-order valence-electron chi connectivity index (χ1n) is 9.27. The van der Waals surface area contributed by atoms with Gasteiger partial charge in [0.1, 0.15) is 5.69 Å². The van der Waals surface area contributed by atoms with Crippen molar-refractivity contribution in [1.82, 2.24) is 24.5 Å². The molecule has 1 saturated heterocycles. The Morgan fingerprint density at radius 3 is 2.50 bits per heavy atom. The third-order valence-corrected chi connectivity index (χ3v) is 5.93. The highest BCUT2D eigenvalue weighted by Gasteiger charge is 2.26. The van der Waals surface area contributed by atoms with Crippen LogP contribution in [0.5, 0.6) is 0 Å². The van der Waals surface area contributed by atoms with Crippen LogP contribution in [0.1, 0.15) is 10.5 Å². The van der Waals surface area contributed by atoms with Crippen molar-refractivity contribution in [3.63, 3.8) is 0 Å². The lowest BCUT2D eigenvalue weighted by atomic mass is 10.2. The second-order valence-electron chi connectivity index (χ2n) is 7.21. The van der Waals surface area contributed by atoms with Crippen LogP contribution >= 0.6 is 0 Å². The van der Waals surface area contributed by atoms with Gasteiger partial charge in [-0.05, 0) is 6.07 Å². The molecule has 2 aromatic heterocycles. The van der Waals surface area contributed by atoms with E-state index in [1.54, 1.807) is 25.1 Å². The summed E-state index contributed by atoms with van der Waals surface area (Å²) < 4.78 is 26.0. The van der Waals surface area contributed by atoms with Gasteiger partial charge in [-0.25, -0.2) is 18.2 Å². The average molecular weight is 433 g/mol. The highest BCUT2D eigenvalue weighted by Crippen LogP contribution is 2.27. The SMILES string of the molecule is C#CCNC(=O)c1cnc2c(N3CCN(C(=O)N(C)C)CC3)cc(S(C)(=O)=O)cn12. The Labute approximate surface area is 175 Å². The fraction of sp³-hybridized carbons (Fsp3) is 0.421. The first kappa shape index (κ1) is 21.4. The van der Waals surface area contributed by atoms with Crippen LogP contribution in [0.2, 0.25) is 0 Å². The maximum Gasteiger partial charge on any atom is 0.319 e. The molecule has 0 atom stereocenters. The topological polar surface area (TPSA) is 107 Å². The van der Waals surface area contributed by atoms with Crippen molar-refractivity contribution in [2.24, 2.45) is 0 Å². The standard InChI is InChI=1S/C19H24N6O4S/c1-5-6-20-18(26)16-12-21-17-15(11-14(13-25(16)17)30(4,28)29)23-7-9-24(10-8-23)19(27)22(2)3/h1,11-13H,6-10H2,2-4H3,(H,20,26). The molecule has 3 heterocycles. The van der Waals surface area contributed by atoms with Gasteiger partial charge in [-0.3, -0.25) is 9.20 Å². The maximum absolute atomic E-state index is 12.4. The number of pyridine rings is 1. The smallest absolute Gasteiger partial charge is 0.319 e. The largest absolute Gasteiger partial charge is 0.365 e. The van der Waals surface area contributed by atoms with Gasteiger partial charge in [-0.2, -0.15) is 0 Å². The van der Waals surface area contributed by atoms with E-state index in [9.17, 15) is 18.0 Å². The molecule has 0 bridgehead atoms. The molecule has 0 aliphatic carbocycles. The summed E-state index contributed by atoms with van der Waals surface area (Å²) in [5.41, 5.74) is 1.24. The van der Waals surface area contributed by atoms with Crippen molar-refractivity contribution < 1.29 is 18.0 Å². The van der Waals surface area contributed by atoms with E-state index >= 15 is 0 Å². The number of terminal acetylenes is 1. The van der Waals surface area contributed by atoms with E-state index in [-0.39, 0.29) is 23.2 Å². The molecule has 1 N–H and O–H groups in total. The number of rotatable bonds is 4. The minimum Gasteiger partial charge on any atom is -0.365 e. The quantitative estimate of drug-likeness (QED) is 0.677. The monoisotopic (exact) mass is 432 g/mol. The molecule has 0 aromatic carbocycles. The molecule has 3 amide bonds. The van der Waals surface area contributed by atoms with Crippen molar-refractivity contribution in [3.8, 4) is 12.3 Å². The van der Waals surface area contributed by atoms with Gasteiger partial charge in [-0.15, -0.1) is 6.42 Å². The second-order valence-corrected chi connectivity index (χ2v) is 9.22. The zero-order chi connectivity index (χ0) is 22.1. The fourth-order valence-corrected chi connectivity index (χ4v) is 3.91. The van der Waals surface area contributed by atoms with Gasteiger partial charge >= 0.3 is 6.03 Å². The van der Waals surface area contributed by atoms with Crippen LogP contribution < -0.4 is 10.2 Å². The summed E-state index contributed by atoms with van der Waals surface area (Å²) in [6.07, 6.45) is 9.08. The number of aromatic nitrogens is 2. The van der Waals surface area contributed by atoms with Crippen molar-refractivity contribution in [2.45, 2.75) is 4.90 Å². The minimum absolute atomic E-state index is 0.0482. The van der Waals surface area contributed by atoms with Crippen LogP contribution in [0.15, 0.2) is 23.4 Å². The molecule has 0 unspecified atom stereocenters. The number of hydrogen-bond acceptors (Lipinski definition) is 6. The van der Waals surface area contributed by atoms with Crippen molar-refractivity contribution in [2.75, 3.05) is 58.0 Å². The number of imidazole rings is 1. The van der Waals surface area contributed by atoms with Crippen molar-refractivity contribution in [1.29, 1.82) is 0 Å². The fourth-order valence-electron chi connectivity index (χ4n) is 3.29. The Morgan fingerprint density at radius 1 is 1.27 bits per heavy atom. The molecule has 160 valence electrons. The Kier molecular flexibility index (Phi) is 5.89. The number of carbonyl (C=O) groups excluding carboxylic acids is 2. The number of hydrogen-bond donors (Lipinski definition) is 1. The second kappa shape index (κ2) is 8.23. The Hall–Kier alpha value is -3.26. The summed E-state index contributed by atoms with van der Waals surface area (Å²) in [5, 5.41) is 2.57. The van der Waals surface area contributed by atoms with Crippen molar-refractivity contribution in [3.05, 3.63) is 24.2 Å². The first-order chi connectivity index (χ1) is 14.1. The van der Waals surface area contributed by atoms with Crippen molar-refractivity contribution >= 4 is 33.1 Å². The molecule has 3 rings (SSSR count). The molecular weight excluding hydrogens is 408 g/mol. The number of carbonyl (C=O) groups is 2. The first-order valence-corrected chi connectivity index (χ1v) is 11.2. The number of anilines is 1. The van der Waals surface area contributed by atoms with E-state index in [1.165, 1.54) is 21.7 Å². The maximum atomic E-state index is 12.4. The van der Waals surface area contributed by atoms with E-state index in [0.717, 1.165) is 6.26 Å². The van der Waals surface area contributed by atoms with Gasteiger partial charge in [0.15, 0.2) is 15.5 Å². The van der Waals surface area contributed by atoms with Gasteiger partial charge in [0.2, 0.25) is 0 Å². The Morgan fingerprint density at radius 2 is 1.93 bits per heavy atom. The molecule has 1 aliphatic heterocycles. The number of amides is 3. The number of urea groups is 1. The normalized spacial score (nSPS) is 14.5. The number of sulfone groups is 1. The summed E-state index contributed by atoms with van der Waals surface area (Å²) in [6.45, 7) is 2.04. The van der Waals surface area contributed by atoms with E-state index in [1.807, 2.05) is 4.90 Å². The van der Waals surface area contributed by atoms with E-state index in [2.05, 4.69) is 16.2 Å². The Bertz CT molecular complexity index is 1120. The highest BCUT2D eigenvalue weighted by atomic mass is 32.2. The van der Waals surface area contributed by atoms with Crippen LogP contribution in [0, 0.1) is 12.3 Å². The van der Waals surface area contributed by atoms with Crippen LogP contribution in [0.25, 0.3) is 5.65 Å². The van der Waals surface area contributed by atoms with E-state index < -0.39 is 15.7 Å². The molecule has 0 saturated carbocycles. The van der Waals surface area contributed by atoms with Gasteiger partial charge < -0.3 is 20.0 Å². The zero-order valence-electron chi connectivity index (χ0n) is 17.1. The third-order valence-electron chi connectivity index (χ3n) is 4.85. The molecule has 1 aliphatic rings. The lowest BCUT2D eigenvalue weighted by Crippen LogP contribution is -2.51. The number of nitrogens with one attached hydrogen (secondary N) is 1. The summed E-state index contributed by atoms with van der Waals surface area (Å²) in [5.74, 6) is 1.88. The predicted molar refractivity (Wildman–Crippen MR) is 112 cm³/mol.